The molecule has 1 aromatic carbocycles. The van der Waals surface area contributed by atoms with Gasteiger partial charge in [-0.25, -0.2) is 4.98 Å². The van der Waals surface area contributed by atoms with Crippen LogP contribution in [0.5, 0.6) is 0 Å². The minimum absolute atomic E-state index is 0.331. The molecule has 0 bridgehead atoms. The molecule has 1 saturated carbocycles. The number of hydrogen-bond acceptors (Lipinski definition) is 2. The second-order valence-corrected chi connectivity index (χ2v) is 8.99. The molecule has 3 nitrogen and oxygen atoms in total. The van der Waals surface area contributed by atoms with Crippen LogP contribution in [0.2, 0.25) is 0 Å². The third-order valence-corrected chi connectivity index (χ3v) is 5.87. The second kappa shape index (κ2) is 9.70. The molecular formula is C22H32BrN3. The first-order valence-corrected chi connectivity index (χ1v) is 11.0. The van der Waals surface area contributed by atoms with E-state index in [2.05, 4.69) is 64.3 Å². The van der Waals surface area contributed by atoms with Crippen molar-refractivity contribution in [2.75, 3.05) is 0 Å². The van der Waals surface area contributed by atoms with Gasteiger partial charge < -0.3 is 10.3 Å². The number of H-pyrrole nitrogens is 1. The van der Waals surface area contributed by atoms with Crippen LogP contribution in [0, 0.1) is 5.92 Å². The summed E-state index contributed by atoms with van der Waals surface area (Å²) in [7, 11) is 0. The van der Waals surface area contributed by atoms with Gasteiger partial charge in [0.05, 0.1) is 17.9 Å². The van der Waals surface area contributed by atoms with Crippen LogP contribution in [0.25, 0.3) is 11.3 Å². The van der Waals surface area contributed by atoms with Crippen molar-refractivity contribution in [3.63, 3.8) is 0 Å². The fourth-order valence-corrected chi connectivity index (χ4v) is 4.30. The molecule has 2 N–H and O–H groups in total. The predicted molar refractivity (Wildman–Crippen MR) is 113 cm³/mol. The monoisotopic (exact) mass is 417 g/mol. The summed E-state index contributed by atoms with van der Waals surface area (Å²) in [6.45, 7) is 4.61. The fourth-order valence-electron chi connectivity index (χ4n) is 3.90. The largest absolute Gasteiger partial charge is 0.341 e. The van der Waals surface area contributed by atoms with Crippen molar-refractivity contribution in [2.45, 2.75) is 77.3 Å². The normalized spacial score (nSPS) is 16.9. The average Bonchev–Trinajstić information content (AvgIpc) is 3.11. The molecule has 1 heterocycles. The Bertz CT molecular complexity index is 674. The molecule has 1 aliphatic carbocycles. The van der Waals surface area contributed by atoms with Crippen LogP contribution < -0.4 is 5.32 Å². The van der Waals surface area contributed by atoms with E-state index in [0.717, 1.165) is 28.3 Å². The Morgan fingerprint density at radius 2 is 2.00 bits per heavy atom. The molecular weight excluding hydrogens is 386 g/mol. The molecule has 142 valence electrons. The van der Waals surface area contributed by atoms with Crippen molar-refractivity contribution in [3.8, 4) is 11.3 Å². The zero-order valence-corrected chi connectivity index (χ0v) is 17.7. The predicted octanol–water partition coefficient (Wildman–Crippen LogP) is 6.63. The molecule has 0 spiro atoms. The summed E-state index contributed by atoms with van der Waals surface area (Å²) in [6.07, 6.45) is 12.4. The van der Waals surface area contributed by atoms with Crippen molar-refractivity contribution in [2.24, 2.45) is 5.92 Å². The zero-order valence-electron chi connectivity index (χ0n) is 16.1. The summed E-state index contributed by atoms with van der Waals surface area (Å²) in [4.78, 5) is 8.34. The molecule has 26 heavy (non-hydrogen) atoms. The van der Waals surface area contributed by atoms with Gasteiger partial charge in [-0.05, 0) is 37.3 Å². The number of hydrogen-bond donors (Lipinski definition) is 2. The molecule has 1 atom stereocenters. The highest BCUT2D eigenvalue weighted by Gasteiger charge is 2.21. The van der Waals surface area contributed by atoms with Crippen LogP contribution >= 0.6 is 15.9 Å². The smallest absolute Gasteiger partial charge is 0.123 e. The third-order valence-electron chi connectivity index (χ3n) is 5.38. The van der Waals surface area contributed by atoms with Crippen molar-refractivity contribution in [3.05, 3.63) is 40.8 Å². The lowest BCUT2D eigenvalue weighted by Crippen LogP contribution is -2.35. The second-order valence-electron chi connectivity index (χ2n) is 8.07. The van der Waals surface area contributed by atoms with Crippen LogP contribution in [0.4, 0.5) is 0 Å². The van der Waals surface area contributed by atoms with E-state index in [1.54, 1.807) is 0 Å². The highest BCUT2D eigenvalue weighted by Crippen LogP contribution is 2.27. The Hall–Kier alpha value is -1.13. The van der Waals surface area contributed by atoms with Gasteiger partial charge in [-0.15, -0.1) is 0 Å². The van der Waals surface area contributed by atoms with Crippen LogP contribution in [-0.2, 0) is 0 Å². The van der Waals surface area contributed by atoms with Crippen LogP contribution in [0.1, 0.15) is 77.1 Å². The van der Waals surface area contributed by atoms with Gasteiger partial charge >= 0.3 is 0 Å². The Kier molecular flexibility index (Phi) is 7.32. The minimum Gasteiger partial charge on any atom is -0.341 e. The molecule has 3 rings (SSSR count). The van der Waals surface area contributed by atoms with Gasteiger partial charge in [-0.1, -0.05) is 74.0 Å². The van der Waals surface area contributed by atoms with E-state index in [4.69, 9.17) is 4.98 Å². The quantitative estimate of drug-likeness (QED) is 0.505. The Morgan fingerprint density at radius 3 is 2.73 bits per heavy atom. The Morgan fingerprint density at radius 1 is 1.19 bits per heavy atom. The van der Waals surface area contributed by atoms with Crippen molar-refractivity contribution in [1.29, 1.82) is 0 Å². The van der Waals surface area contributed by atoms with Gasteiger partial charge in [-0.2, -0.15) is 0 Å². The molecule has 0 aliphatic heterocycles. The summed E-state index contributed by atoms with van der Waals surface area (Å²) in [5.74, 6) is 1.86. The van der Waals surface area contributed by atoms with E-state index in [1.165, 1.54) is 50.5 Å². The third kappa shape index (κ3) is 5.68. The van der Waals surface area contributed by atoms with E-state index in [1.807, 2.05) is 6.20 Å². The van der Waals surface area contributed by atoms with E-state index in [9.17, 15) is 0 Å². The number of halogens is 1. The lowest BCUT2D eigenvalue weighted by molar-refractivity contribution is 0.317. The standard InChI is InChI=1S/C22H32BrN3/c1-16(2)8-6-13-20(25-19-11-4-3-5-12-19)22-24-15-21(26-22)17-9-7-10-18(23)14-17/h7,9-10,14-16,19-20,25H,3-6,8,11-13H2,1-2H3,(H,24,26)/t20-/m1/s1. The lowest BCUT2D eigenvalue weighted by Gasteiger charge is -2.28. The minimum atomic E-state index is 0.331. The molecule has 0 amide bonds. The number of nitrogens with zero attached hydrogens (tertiary/aromatic N) is 1. The molecule has 0 unspecified atom stereocenters. The zero-order chi connectivity index (χ0) is 18.4. The van der Waals surface area contributed by atoms with E-state index < -0.39 is 0 Å². The lowest BCUT2D eigenvalue weighted by atomic mass is 9.94. The Labute approximate surface area is 166 Å². The number of benzene rings is 1. The first kappa shape index (κ1) is 19.6. The van der Waals surface area contributed by atoms with Gasteiger partial charge in [0, 0.05) is 16.1 Å². The maximum absolute atomic E-state index is 4.75. The number of imidazole rings is 1. The number of rotatable bonds is 8. The maximum Gasteiger partial charge on any atom is 0.123 e. The van der Waals surface area contributed by atoms with Crippen LogP contribution in [0.3, 0.4) is 0 Å². The molecule has 4 heteroatoms. The maximum atomic E-state index is 4.75. The summed E-state index contributed by atoms with van der Waals surface area (Å²) in [5.41, 5.74) is 2.28. The number of aromatic amines is 1. The van der Waals surface area contributed by atoms with Crippen molar-refractivity contribution < 1.29 is 0 Å². The molecule has 0 saturated heterocycles. The van der Waals surface area contributed by atoms with Gasteiger partial charge in [0.15, 0.2) is 0 Å². The first-order valence-electron chi connectivity index (χ1n) is 10.2. The highest BCUT2D eigenvalue weighted by molar-refractivity contribution is 9.10. The van der Waals surface area contributed by atoms with Crippen LogP contribution in [0.15, 0.2) is 34.9 Å². The van der Waals surface area contributed by atoms with Crippen molar-refractivity contribution in [1.82, 2.24) is 15.3 Å². The molecule has 1 aromatic heterocycles. The van der Waals surface area contributed by atoms with E-state index >= 15 is 0 Å². The van der Waals surface area contributed by atoms with Gasteiger partial charge in [0.2, 0.25) is 0 Å². The molecule has 1 aliphatic rings. The summed E-state index contributed by atoms with van der Waals surface area (Å²) in [5, 5.41) is 3.92. The SMILES string of the molecule is CC(C)CCC[C@@H](NC1CCCCC1)c1ncc(-c2cccc(Br)c2)[nH]1. The van der Waals surface area contributed by atoms with E-state index in [0.29, 0.717) is 12.1 Å². The van der Waals surface area contributed by atoms with Gasteiger partial charge in [0.1, 0.15) is 5.82 Å². The molecule has 2 aromatic rings. The fraction of sp³-hybridized carbons (Fsp3) is 0.591. The average molecular weight is 418 g/mol. The van der Waals surface area contributed by atoms with E-state index in [-0.39, 0.29) is 0 Å². The van der Waals surface area contributed by atoms with Crippen molar-refractivity contribution >= 4 is 15.9 Å². The molecule has 0 radical (unpaired) electrons. The topological polar surface area (TPSA) is 40.7 Å². The molecule has 1 fully saturated rings. The summed E-state index contributed by atoms with van der Waals surface area (Å²) < 4.78 is 1.10. The van der Waals surface area contributed by atoms with Crippen LogP contribution in [-0.4, -0.2) is 16.0 Å². The summed E-state index contributed by atoms with van der Waals surface area (Å²) in [6, 6.07) is 9.37. The number of aromatic nitrogens is 2. The van der Waals surface area contributed by atoms with Gasteiger partial charge in [-0.3, -0.25) is 0 Å². The number of nitrogens with one attached hydrogen (secondary N) is 2. The highest BCUT2D eigenvalue weighted by atomic mass is 79.9. The Balaban J connectivity index is 1.72. The summed E-state index contributed by atoms with van der Waals surface area (Å²) >= 11 is 3.56. The first-order chi connectivity index (χ1) is 12.6. The van der Waals surface area contributed by atoms with Gasteiger partial charge in [0.25, 0.3) is 0 Å².